The number of allylic oxidation sites excluding steroid dienone is 2. The van der Waals surface area contributed by atoms with E-state index < -0.39 is 17.9 Å². The average Bonchev–Trinajstić information content (AvgIpc) is 2.76. The summed E-state index contributed by atoms with van der Waals surface area (Å²) in [7, 11) is 0. The highest BCUT2D eigenvalue weighted by molar-refractivity contribution is 6.06. The van der Waals surface area contributed by atoms with E-state index >= 15 is 0 Å². The number of aryl methyl sites for hydroxylation is 3. The third-order valence-corrected chi connectivity index (χ3v) is 6.23. The van der Waals surface area contributed by atoms with Crippen molar-refractivity contribution < 1.29 is 24.2 Å². The Kier molecular flexibility index (Phi) is 8.95. The average molecular weight is 455 g/mol. The molecule has 178 valence electrons. The molecule has 1 amide bonds. The Morgan fingerprint density at radius 1 is 1.15 bits per heavy atom. The van der Waals surface area contributed by atoms with Crippen LogP contribution in [0.1, 0.15) is 69.3 Å². The third kappa shape index (κ3) is 7.09. The van der Waals surface area contributed by atoms with Crippen molar-refractivity contribution in [1.82, 2.24) is 10.3 Å². The van der Waals surface area contributed by atoms with Gasteiger partial charge in [0, 0.05) is 43.0 Å². The number of aliphatic carboxylic acids is 1. The summed E-state index contributed by atoms with van der Waals surface area (Å²) in [5, 5.41) is 12.1. The Hall–Kier alpha value is -2.80. The molecule has 2 aliphatic carbocycles. The first-order chi connectivity index (χ1) is 15.8. The Morgan fingerprint density at radius 3 is 2.70 bits per heavy atom. The van der Waals surface area contributed by atoms with Crippen LogP contribution in [0.5, 0.6) is 0 Å². The van der Waals surface area contributed by atoms with Crippen molar-refractivity contribution in [2.45, 2.75) is 77.7 Å². The second-order valence-corrected chi connectivity index (χ2v) is 8.96. The van der Waals surface area contributed by atoms with Gasteiger partial charge in [0.25, 0.3) is 5.91 Å². The zero-order valence-electron chi connectivity index (χ0n) is 19.6. The topological polar surface area (TPSA) is 106 Å². The van der Waals surface area contributed by atoms with Crippen LogP contribution < -0.4 is 5.32 Å². The summed E-state index contributed by atoms with van der Waals surface area (Å²) in [6, 6.07) is 3.30. The van der Waals surface area contributed by atoms with Crippen LogP contribution in [0, 0.1) is 0 Å². The standard InChI is InChI=1S/C26H34N2O5/c1-17-15-21(29)16-18(2)24(17)25(30)28-23(26(31)32)12-14-33-13-6-5-8-20-11-10-19-7-3-4-9-22(19)27-20/h10-11,15,23H,3-9,12-14,16H2,1-2H3,(H,28,30)(H,31,32)/t23-/m0/s1. The summed E-state index contributed by atoms with van der Waals surface area (Å²) in [5.41, 5.74) is 5.40. The number of ether oxygens (including phenoxy) is 1. The number of aromatic nitrogens is 1. The summed E-state index contributed by atoms with van der Waals surface area (Å²) < 4.78 is 5.62. The number of nitrogens with zero attached hydrogens (tertiary/aromatic N) is 1. The number of fused-ring (bicyclic) bond motifs is 1. The van der Waals surface area contributed by atoms with Crippen molar-refractivity contribution in [3.8, 4) is 0 Å². The number of nitrogens with one attached hydrogen (secondary N) is 1. The second-order valence-electron chi connectivity index (χ2n) is 8.96. The van der Waals surface area contributed by atoms with E-state index in [0.29, 0.717) is 23.3 Å². The molecular weight excluding hydrogens is 420 g/mol. The fourth-order valence-corrected chi connectivity index (χ4v) is 4.49. The summed E-state index contributed by atoms with van der Waals surface area (Å²) in [6.45, 7) is 4.20. The van der Waals surface area contributed by atoms with Gasteiger partial charge in [-0.25, -0.2) is 4.79 Å². The van der Waals surface area contributed by atoms with E-state index in [4.69, 9.17) is 9.72 Å². The number of rotatable bonds is 11. The van der Waals surface area contributed by atoms with E-state index in [-0.39, 0.29) is 25.2 Å². The van der Waals surface area contributed by atoms with Crippen LogP contribution >= 0.6 is 0 Å². The van der Waals surface area contributed by atoms with Gasteiger partial charge in [0.2, 0.25) is 0 Å². The van der Waals surface area contributed by atoms with Crippen LogP contribution in [0.4, 0.5) is 0 Å². The number of carboxylic acid groups (broad SMARTS) is 1. The van der Waals surface area contributed by atoms with Crippen molar-refractivity contribution in [2.75, 3.05) is 13.2 Å². The van der Waals surface area contributed by atoms with Crippen molar-refractivity contribution in [1.29, 1.82) is 0 Å². The number of hydrogen-bond acceptors (Lipinski definition) is 5. The van der Waals surface area contributed by atoms with Crippen LogP contribution in [-0.4, -0.2) is 47.0 Å². The van der Waals surface area contributed by atoms with E-state index in [9.17, 15) is 19.5 Å². The molecule has 0 saturated carbocycles. The molecule has 0 unspecified atom stereocenters. The SMILES string of the molecule is CC1=CC(=O)CC(C)=C1C(=O)N[C@@H](CCOCCCCc1ccc2c(n1)CCCC2)C(=O)O. The third-order valence-electron chi connectivity index (χ3n) is 6.23. The number of carbonyl (C=O) groups is 3. The van der Waals surface area contributed by atoms with Crippen LogP contribution in [0.2, 0.25) is 0 Å². The lowest BCUT2D eigenvalue weighted by atomic mass is 9.91. The number of pyridine rings is 1. The molecule has 0 aromatic carbocycles. The van der Waals surface area contributed by atoms with Gasteiger partial charge in [0.15, 0.2) is 5.78 Å². The van der Waals surface area contributed by atoms with Gasteiger partial charge in [0.1, 0.15) is 6.04 Å². The Labute approximate surface area is 195 Å². The van der Waals surface area contributed by atoms with Crippen molar-refractivity contribution in [3.63, 3.8) is 0 Å². The summed E-state index contributed by atoms with van der Waals surface area (Å²) in [6.07, 6.45) is 9.24. The summed E-state index contributed by atoms with van der Waals surface area (Å²) in [5.74, 6) is -1.61. The molecule has 0 radical (unpaired) electrons. The largest absolute Gasteiger partial charge is 0.480 e. The number of unbranched alkanes of at least 4 members (excludes halogenated alkanes) is 1. The maximum atomic E-state index is 12.6. The van der Waals surface area contributed by atoms with Gasteiger partial charge in [-0.1, -0.05) is 11.6 Å². The molecule has 0 bridgehead atoms. The Bertz CT molecular complexity index is 963. The zero-order chi connectivity index (χ0) is 23.8. The second kappa shape index (κ2) is 11.9. The lowest BCUT2D eigenvalue weighted by molar-refractivity contribution is -0.141. The Morgan fingerprint density at radius 2 is 1.94 bits per heavy atom. The normalized spacial score (nSPS) is 16.8. The minimum atomic E-state index is -1.10. The van der Waals surface area contributed by atoms with Crippen molar-refractivity contribution in [3.05, 3.63) is 51.9 Å². The molecule has 0 fully saturated rings. The number of ketones is 1. The number of carboxylic acids is 1. The van der Waals surface area contributed by atoms with Gasteiger partial charge in [0.05, 0.1) is 0 Å². The zero-order valence-corrected chi connectivity index (χ0v) is 19.6. The van der Waals surface area contributed by atoms with E-state index in [1.165, 1.54) is 30.2 Å². The Balaban J connectivity index is 1.36. The molecule has 0 spiro atoms. The molecule has 7 heteroatoms. The first-order valence-electron chi connectivity index (χ1n) is 11.9. The van der Waals surface area contributed by atoms with Crippen LogP contribution in [0.25, 0.3) is 0 Å². The van der Waals surface area contributed by atoms with Crippen LogP contribution in [0.15, 0.2) is 34.9 Å². The molecule has 2 N–H and O–H groups in total. The fourth-order valence-electron chi connectivity index (χ4n) is 4.49. The first kappa shape index (κ1) is 24.8. The molecule has 1 aromatic rings. The van der Waals surface area contributed by atoms with Gasteiger partial charge >= 0.3 is 5.97 Å². The molecule has 2 aliphatic rings. The van der Waals surface area contributed by atoms with Crippen LogP contribution in [-0.2, 0) is 38.4 Å². The van der Waals surface area contributed by atoms with Gasteiger partial charge in [-0.3, -0.25) is 14.6 Å². The highest BCUT2D eigenvalue weighted by Crippen LogP contribution is 2.23. The molecule has 0 saturated heterocycles. The quantitative estimate of drug-likeness (QED) is 0.496. The molecule has 1 heterocycles. The van der Waals surface area contributed by atoms with Crippen molar-refractivity contribution in [2.24, 2.45) is 0 Å². The number of amides is 1. The predicted octanol–water partition coefficient (Wildman–Crippen LogP) is 3.49. The van der Waals surface area contributed by atoms with Gasteiger partial charge in [-0.2, -0.15) is 0 Å². The number of carbonyl (C=O) groups excluding carboxylic acids is 2. The van der Waals surface area contributed by atoms with Gasteiger partial charge < -0.3 is 15.2 Å². The van der Waals surface area contributed by atoms with E-state index in [2.05, 4.69) is 17.4 Å². The van der Waals surface area contributed by atoms with Crippen LogP contribution in [0.3, 0.4) is 0 Å². The van der Waals surface area contributed by atoms with E-state index in [1.54, 1.807) is 13.8 Å². The summed E-state index contributed by atoms with van der Waals surface area (Å²) >= 11 is 0. The predicted molar refractivity (Wildman–Crippen MR) is 125 cm³/mol. The summed E-state index contributed by atoms with van der Waals surface area (Å²) in [4.78, 5) is 40.6. The lowest BCUT2D eigenvalue weighted by Gasteiger charge is -2.20. The molecule has 1 aromatic heterocycles. The first-order valence-corrected chi connectivity index (χ1v) is 11.9. The molecule has 3 rings (SSSR count). The number of hydrogen-bond donors (Lipinski definition) is 2. The monoisotopic (exact) mass is 454 g/mol. The molecule has 33 heavy (non-hydrogen) atoms. The van der Waals surface area contributed by atoms with Gasteiger partial charge in [-0.15, -0.1) is 0 Å². The highest BCUT2D eigenvalue weighted by Gasteiger charge is 2.26. The van der Waals surface area contributed by atoms with Gasteiger partial charge in [-0.05, 0) is 82.1 Å². The van der Waals surface area contributed by atoms with E-state index in [0.717, 1.165) is 37.8 Å². The minimum absolute atomic E-state index is 0.0489. The van der Waals surface area contributed by atoms with E-state index in [1.807, 2.05) is 0 Å². The smallest absolute Gasteiger partial charge is 0.326 e. The minimum Gasteiger partial charge on any atom is -0.480 e. The lowest BCUT2D eigenvalue weighted by Crippen LogP contribution is -2.42. The maximum Gasteiger partial charge on any atom is 0.326 e. The molecule has 7 nitrogen and oxygen atoms in total. The molecular formula is C26H34N2O5. The molecule has 1 atom stereocenters. The maximum absolute atomic E-state index is 12.6. The fraction of sp³-hybridized carbons (Fsp3) is 0.538. The molecule has 0 aliphatic heterocycles. The highest BCUT2D eigenvalue weighted by atomic mass is 16.5. The van der Waals surface area contributed by atoms with Crippen molar-refractivity contribution >= 4 is 17.7 Å².